The Bertz CT molecular complexity index is 815. The number of aliphatic imine (C=N–C) groups is 1. The minimum atomic E-state index is -0.395. The van der Waals surface area contributed by atoms with Gasteiger partial charge in [0, 0.05) is 37.7 Å². The van der Waals surface area contributed by atoms with Gasteiger partial charge in [-0.1, -0.05) is 36.4 Å². The van der Waals surface area contributed by atoms with Crippen molar-refractivity contribution in [1.82, 2.24) is 10.6 Å². The second-order valence-electron chi connectivity index (χ2n) is 6.98. The van der Waals surface area contributed by atoms with Crippen molar-refractivity contribution in [2.75, 3.05) is 19.8 Å². The predicted octanol–water partition coefficient (Wildman–Crippen LogP) is 3.18. The van der Waals surface area contributed by atoms with Crippen LogP contribution in [0, 0.1) is 23.0 Å². The Morgan fingerprint density at radius 3 is 2.68 bits per heavy atom. The standard InChI is InChI=1S/C21H26N4O3/c1-16-4-2-3-5-19(16)14-24-21(23-13-18-10-11-28-15-18)22-12-17-6-8-20(9-7-17)25(26)27/h2-9,18H,10-15H2,1H3,(H2,22,23,24). The van der Waals surface area contributed by atoms with Crippen LogP contribution in [0.3, 0.4) is 0 Å². The number of rotatable bonds is 7. The molecule has 2 aromatic carbocycles. The van der Waals surface area contributed by atoms with Crippen LogP contribution in [0.2, 0.25) is 0 Å². The van der Waals surface area contributed by atoms with Crippen LogP contribution in [0.4, 0.5) is 5.69 Å². The number of nitro groups is 1. The first-order chi connectivity index (χ1) is 13.6. The summed E-state index contributed by atoms with van der Waals surface area (Å²) in [5, 5.41) is 17.6. The number of aryl methyl sites for hydroxylation is 1. The van der Waals surface area contributed by atoms with Crippen LogP contribution in [0.5, 0.6) is 0 Å². The number of ether oxygens (including phenoxy) is 1. The first-order valence-electron chi connectivity index (χ1n) is 9.49. The average molecular weight is 382 g/mol. The molecule has 0 amide bonds. The van der Waals surface area contributed by atoms with E-state index in [1.54, 1.807) is 12.1 Å². The highest BCUT2D eigenvalue weighted by molar-refractivity contribution is 5.79. The maximum atomic E-state index is 10.8. The molecule has 1 fully saturated rings. The normalized spacial score (nSPS) is 16.8. The predicted molar refractivity (Wildman–Crippen MR) is 109 cm³/mol. The summed E-state index contributed by atoms with van der Waals surface area (Å²) in [6, 6.07) is 14.7. The van der Waals surface area contributed by atoms with Crippen molar-refractivity contribution in [3.8, 4) is 0 Å². The molecule has 0 aromatic heterocycles. The second-order valence-corrected chi connectivity index (χ2v) is 6.98. The summed E-state index contributed by atoms with van der Waals surface area (Å²) in [4.78, 5) is 15.0. The first kappa shape index (κ1) is 19.8. The van der Waals surface area contributed by atoms with Gasteiger partial charge in [-0.2, -0.15) is 0 Å². The summed E-state index contributed by atoms with van der Waals surface area (Å²) in [5.74, 6) is 1.22. The van der Waals surface area contributed by atoms with Crippen LogP contribution in [0.1, 0.15) is 23.1 Å². The maximum absolute atomic E-state index is 10.8. The lowest BCUT2D eigenvalue weighted by molar-refractivity contribution is -0.384. The van der Waals surface area contributed by atoms with Gasteiger partial charge in [-0.25, -0.2) is 4.99 Å². The number of benzene rings is 2. The molecule has 2 aromatic rings. The van der Waals surface area contributed by atoms with Crippen LogP contribution < -0.4 is 10.6 Å². The maximum Gasteiger partial charge on any atom is 0.269 e. The molecule has 1 unspecified atom stereocenters. The molecule has 0 radical (unpaired) electrons. The Morgan fingerprint density at radius 1 is 1.21 bits per heavy atom. The molecule has 0 bridgehead atoms. The zero-order chi connectivity index (χ0) is 19.8. The molecule has 0 aliphatic carbocycles. The monoisotopic (exact) mass is 382 g/mol. The summed E-state index contributed by atoms with van der Waals surface area (Å²) < 4.78 is 5.44. The van der Waals surface area contributed by atoms with Gasteiger partial charge in [0.15, 0.2) is 5.96 Å². The van der Waals surface area contributed by atoms with Gasteiger partial charge in [-0.3, -0.25) is 10.1 Å². The SMILES string of the molecule is Cc1ccccc1CNC(=NCc1ccc([N+](=O)[O-])cc1)NCC1CCOC1. The molecule has 0 spiro atoms. The van der Waals surface area contributed by atoms with E-state index >= 15 is 0 Å². The average Bonchev–Trinajstić information content (AvgIpc) is 3.22. The van der Waals surface area contributed by atoms with Crippen molar-refractivity contribution in [3.05, 3.63) is 75.3 Å². The molecule has 7 nitrogen and oxygen atoms in total. The van der Waals surface area contributed by atoms with E-state index in [4.69, 9.17) is 4.74 Å². The van der Waals surface area contributed by atoms with E-state index in [1.165, 1.54) is 23.3 Å². The van der Waals surface area contributed by atoms with Crippen LogP contribution in [0.25, 0.3) is 0 Å². The number of hydrogen-bond acceptors (Lipinski definition) is 4. The van der Waals surface area contributed by atoms with Gasteiger partial charge >= 0.3 is 0 Å². The fourth-order valence-corrected chi connectivity index (χ4v) is 3.04. The third-order valence-electron chi connectivity index (χ3n) is 4.86. The number of nitro benzene ring substituents is 1. The lowest BCUT2D eigenvalue weighted by Gasteiger charge is -2.16. The van der Waals surface area contributed by atoms with E-state index in [2.05, 4.69) is 34.7 Å². The van der Waals surface area contributed by atoms with Gasteiger partial charge in [0.2, 0.25) is 0 Å². The number of nitrogens with one attached hydrogen (secondary N) is 2. The van der Waals surface area contributed by atoms with Gasteiger partial charge in [0.1, 0.15) is 0 Å². The molecule has 1 aliphatic rings. The molecule has 7 heteroatoms. The van der Waals surface area contributed by atoms with Crippen molar-refractivity contribution < 1.29 is 9.66 Å². The number of hydrogen-bond donors (Lipinski definition) is 2. The van der Waals surface area contributed by atoms with Crippen LogP contribution in [0.15, 0.2) is 53.5 Å². The van der Waals surface area contributed by atoms with Crippen molar-refractivity contribution in [2.24, 2.45) is 10.9 Å². The van der Waals surface area contributed by atoms with Gasteiger partial charge < -0.3 is 15.4 Å². The van der Waals surface area contributed by atoms with Gasteiger partial charge in [-0.05, 0) is 30.0 Å². The first-order valence-corrected chi connectivity index (χ1v) is 9.49. The molecule has 148 valence electrons. The van der Waals surface area contributed by atoms with Crippen LogP contribution >= 0.6 is 0 Å². The zero-order valence-corrected chi connectivity index (χ0v) is 16.1. The van der Waals surface area contributed by atoms with E-state index in [0.717, 1.165) is 37.7 Å². The largest absolute Gasteiger partial charge is 0.381 e. The lowest BCUT2D eigenvalue weighted by atomic mass is 10.1. The van der Waals surface area contributed by atoms with Crippen molar-refractivity contribution in [1.29, 1.82) is 0 Å². The molecule has 2 N–H and O–H groups in total. The van der Waals surface area contributed by atoms with E-state index < -0.39 is 4.92 Å². The summed E-state index contributed by atoms with van der Waals surface area (Å²) in [6.07, 6.45) is 1.06. The highest BCUT2D eigenvalue weighted by Crippen LogP contribution is 2.13. The van der Waals surface area contributed by atoms with Crippen molar-refractivity contribution >= 4 is 11.6 Å². The topological polar surface area (TPSA) is 88.8 Å². The number of guanidine groups is 1. The number of nitrogens with zero attached hydrogens (tertiary/aromatic N) is 2. The molecular formula is C21H26N4O3. The molecule has 1 heterocycles. The zero-order valence-electron chi connectivity index (χ0n) is 16.1. The van der Waals surface area contributed by atoms with Crippen molar-refractivity contribution in [3.63, 3.8) is 0 Å². The van der Waals surface area contributed by atoms with Gasteiger partial charge in [0.25, 0.3) is 5.69 Å². The molecule has 1 aliphatic heterocycles. The van der Waals surface area contributed by atoms with E-state index in [0.29, 0.717) is 19.0 Å². The van der Waals surface area contributed by atoms with Gasteiger partial charge in [0.05, 0.1) is 18.1 Å². The highest BCUT2D eigenvalue weighted by Gasteiger charge is 2.15. The number of non-ortho nitro benzene ring substituents is 1. The summed E-state index contributed by atoms with van der Waals surface area (Å²) in [7, 11) is 0. The van der Waals surface area contributed by atoms with E-state index in [1.807, 2.05) is 12.1 Å². The van der Waals surface area contributed by atoms with Crippen LogP contribution in [-0.4, -0.2) is 30.6 Å². The molecule has 0 saturated carbocycles. The molecule has 1 saturated heterocycles. The van der Waals surface area contributed by atoms with Crippen molar-refractivity contribution in [2.45, 2.75) is 26.4 Å². The quantitative estimate of drug-likeness (QED) is 0.332. The third-order valence-corrected chi connectivity index (χ3v) is 4.86. The molecule has 28 heavy (non-hydrogen) atoms. The van der Waals surface area contributed by atoms with E-state index in [-0.39, 0.29) is 5.69 Å². The molecule has 1 atom stereocenters. The van der Waals surface area contributed by atoms with Crippen LogP contribution in [-0.2, 0) is 17.8 Å². The second kappa shape index (κ2) is 9.85. The smallest absolute Gasteiger partial charge is 0.269 e. The minimum absolute atomic E-state index is 0.0880. The third kappa shape index (κ3) is 5.79. The molecular weight excluding hydrogens is 356 g/mol. The Kier molecular flexibility index (Phi) is 6.97. The van der Waals surface area contributed by atoms with E-state index in [9.17, 15) is 10.1 Å². The minimum Gasteiger partial charge on any atom is -0.381 e. The lowest BCUT2D eigenvalue weighted by Crippen LogP contribution is -2.39. The Hall–Kier alpha value is -2.93. The Labute approximate surface area is 165 Å². The summed E-state index contributed by atoms with van der Waals surface area (Å²) >= 11 is 0. The Morgan fingerprint density at radius 2 is 2.00 bits per heavy atom. The summed E-state index contributed by atoms with van der Waals surface area (Å²) in [5.41, 5.74) is 3.46. The fourth-order valence-electron chi connectivity index (χ4n) is 3.04. The summed E-state index contributed by atoms with van der Waals surface area (Å²) in [6.45, 7) is 5.62. The molecule has 3 rings (SSSR count). The highest BCUT2D eigenvalue weighted by atomic mass is 16.6. The fraction of sp³-hybridized carbons (Fsp3) is 0.381. The Balaban J connectivity index is 1.64. The van der Waals surface area contributed by atoms with Gasteiger partial charge in [-0.15, -0.1) is 0 Å².